The molecule has 0 radical (unpaired) electrons. The van der Waals surface area contributed by atoms with Gasteiger partial charge in [-0.25, -0.2) is 0 Å². The summed E-state index contributed by atoms with van der Waals surface area (Å²) in [6.45, 7) is 8.45. The van der Waals surface area contributed by atoms with Crippen molar-refractivity contribution < 1.29 is 9.47 Å². The van der Waals surface area contributed by atoms with E-state index in [2.05, 4.69) is 29.0 Å². The first kappa shape index (κ1) is 14.2. The maximum Gasteiger partial charge on any atom is 0.119 e. The second-order valence-electron chi connectivity index (χ2n) is 4.83. The van der Waals surface area contributed by atoms with Crippen LogP contribution in [0, 0.1) is 0 Å². The van der Waals surface area contributed by atoms with Crippen LogP contribution in [0.25, 0.3) is 0 Å². The number of anilines is 1. The van der Waals surface area contributed by atoms with E-state index in [1.54, 1.807) is 0 Å². The molecule has 4 nitrogen and oxygen atoms in total. The molecule has 106 valence electrons. The Morgan fingerprint density at radius 3 is 2.32 bits per heavy atom. The van der Waals surface area contributed by atoms with E-state index in [0.717, 1.165) is 38.5 Å². The van der Waals surface area contributed by atoms with Crippen molar-refractivity contribution in [3.05, 3.63) is 24.3 Å². The predicted octanol–water partition coefficient (Wildman–Crippen LogP) is 1.85. The number of likely N-dealkylation sites (N-methyl/N-ethyl adjacent to an activating group) is 1. The van der Waals surface area contributed by atoms with Gasteiger partial charge in [0.25, 0.3) is 0 Å². The minimum atomic E-state index is 0.613. The standard InChI is InChI=1S/C15H24N2O2/c1-3-18-12-13-19-15-6-4-14(5-7-15)17-10-8-16(2)9-11-17/h4-7H,3,8-13H2,1-2H3. The minimum Gasteiger partial charge on any atom is -0.491 e. The summed E-state index contributed by atoms with van der Waals surface area (Å²) in [6.07, 6.45) is 0. The number of nitrogens with zero attached hydrogens (tertiary/aromatic N) is 2. The van der Waals surface area contributed by atoms with Crippen molar-refractivity contribution in [3.63, 3.8) is 0 Å². The lowest BCUT2D eigenvalue weighted by Gasteiger charge is -2.34. The molecule has 0 unspecified atom stereocenters. The van der Waals surface area contributed by atoms with Gasteiger partial charge in [-0.05, 0) is 38.2 Å². The lowest BCUT2D eigenvalue weighted by atomic mass is 10.2. The van der Waals surface area contributed by atoms with Crippen molar-refractivity contribution in [2.75, 3.05) is 57.9 Å². The summed E-state index contributed by atoms with van der Waals surface area (Å²) in [5, 5.41) is 0. The van der Waals surface area contributed by atoms with Crippen LogP contribution in [0.1, 0.15) is 6.92 Å². The molecule has 1 aliphatic heterocycles. The first-order valence-corrected chi connectivity index (χ1v) is 7.03. The van der Waals surface area contributed by atoms with Crippen LogP contribution in [-0.4, -0.2) is 57.9 Å². The molecule has 0 N–H and O–H groups in total. The maximum absolute atomic E-state index is 5.62. The third kappa shape index (κ3) is 4.40. The van der Waals surface area contributed by atoms with E-state index in [1.165, 1.54) is 5.69 Å². The number of ether oxygens (including phenoxy) is 2. The van der Waals surface area contributed by atoms with Crippen molar-refractivity contribution >= 4 is 5.69 Å². The summed E-state index contributed by atoms with van der Waals surface area (Å²) in [6, 6.07) is 8.36. The van der Waals surface area contributed by atoms with Gasteiger partial charge in [0.1, 0.15) is 12.4 Å². The van der Waals surface area contributed by atoms with Gasteiger partial charge >= 0.3 is 0 Å². The Kier molecular flexibility index (Phi) is 5.48. The number of hydrogen-bond acceptors (Lipinski definition) is 4. The zero-order valence-electron chi connectivity index (χ0n) is 12.0. The molecule has 1 aliphatic rings. The predicted molar refractivity (Wildman–Crippen MR) is 78.1 cm³/mol. The number of piperazine rings is 1. The van der Waals surface area contributed by atoms with Crippen molar-refractivity contribution in [1.82, 2.24) is 4.90 Å². The van der Waals surface area contributed by atoms with Crippen LogP contribution < -0.4 is 9.64 Å². The summed E-state index contributed by atoms with van der Waals surface area (Å²) in [4.78, 5) is 4.78. The van der Waals surface area contributed by atoms with Gasteiger partial charge in [0.15, 0.2) is 0 Å². The zero-order chi connectivity index (χ0) is 13.5. The average molecular weight is 264 g/mol. The smallest absolute Gasteiger partial charge is 0.119 e. The van der Waals surface area contributed by atoms with Crippen molar-refractivity contribution in [1.29, 1.82) is 0 Å². The third-order valence-corrected chi connectivity index (χ3v) is 3.41. The van der Waals surface area contributed by atoms with E-state index in [1.807, 2.05) is 19.1 Å². The highest BCUT2D eigenvalue weighted by Gasteiger charge is 2.13. The van der Waals surface area contributed by atoms with Crippen LogP contribution in [-0.2, 0) is 4.74 Å². The molecule has 1 aromatic rings. The zero-order valence-corrected chi connectivity index (χ0v) is 12.0. The fraction of sp³-hybridized carbons (Fsp3) is 0.600. The highest BCUT2D eigenvalue weighted by atomic mass is 16.5. The van der Waals surface area contributed by atoms with Crippen molar-refractivity contribution in [3.8, 4) is 5.75 Å². The molecule has 0 aromatic heterocycles. The van der Waals surface area contributed by atoms with Crippen LogP contribution in [0.2, 0.25) is 0 Å². The molecule has 2 rings (SSSR count). The Morgan fingerprint density at radius 1 is 1.00 bits per heavy atom. The number of hydrogen-bond donors (Lipinski definition) is 0. The van der Waals surface area contributed by atoms with Crippen LogP contribution >= 0.6 is 0 Å². The largest absolute Gasteiger partial charge is 0.491 e. The van der Waals surface area contributed by atoms with E-state index in [4.69, 9.17) is 9.47 Å². The number of benzene rings is 1. The summed E-state index contributed by atoms with van der Waals surface area (Å²) in [5.74, 6) is 0.914. The van der Waals surface area contributed by atoms with E-state index < -0.39 is 0 Å². The van der Waals surface area contributed by atoms with E-state index in [-0.39, 0.29) is 0 Å². The molecule has 0 bridgehead atoms. The molecule has 1 saturated heterocycles. The molecule has 4 heteroatoms. The van der Waals surface area contributed by atoms with Crippen LogP contribution in [0.5, 0.6) is 5.75 Å². The second kappa shape index (κ2) is 7.36. The molecule has 1 aromatic carbocycles. The third-order valence-electron chi connectivity index (χ3n) is 3.41. The van der Waals surface area contributed by atoms with Gasteiger partial charge < -0.3 is 19.3 Å². The second-order valence-corrected chi connectivity index (χ2v) is 4.83. The summed E-state index contributed by atoms with van der Waals surface area (Å²) >= 11 is 0. The molecule has 0 saturated carbocycles. The van der Waals surface area contributed by atoms with Gasteiger partial charge in [-0.1, -0.05) is 0 Å². The average Bonchev–Trinajstić information content (AvgIpc) is 2.45. The van der Waals surface area contributed by atoms with Crippen molar-refractivity contribution in [2.24, 2.45) is 0 Å². The van der Waals surface area contributed by atoms with Gasteiger partial charge in [-0.15, -0.1) is 0 Å². The Hall–Kier alpha value is -1.26. The summed E-state index contributed by atoms with van der Waals surface area (Å²) < 4.78 is 10.9. The SMILES string of the molecule is CCOCCOc1ccc(N2CCN(C)CC2)cc1. The molecule has 1 heterocycles. The van der Waals surface area contributed by atoms with Gasteiger partial charge in [-0.3, -0.25) is 0 Å². The Balaban J connectivity index is 1.81. The first-order chi connectivity index (χ1) is 9.29. The summed E-state index contributed by atoms with van der Waals surface area (Å²) in [7, 11) is 2.17. The Morgan fingerprint density at radius 2 is 1.68 bits per heavy atom. The summed E-state index contributed by atoms with van der Waals surface area (Å²) in [5.41, 5.74) is 1.28. The van der Waals surface area contributed by atoms with Crippen LogP contribution in [0.3, 0.4) is 0 Å². The molecule has 0 spiro atoms. The number of rotatable bonds is 6. The Labute approximate surface area is 115 Å². The lowest BCUT2D eigenvalue weighted by molar-refractivity contribution is 0.110. The van der Waals surface area contributed by atoms with E-state index >= 15 is 0 Å². The molecule has 1 fully saturated rings. The molecule has 0 atom stereocenters. The molecule has 0 aliphatic carbocycles. The van der Waals surface area contributed by atoms with Crippen LogP contribution in [0.4, 0.5) is 5.69 Å². The maximum atomic E-state index is 5.62. The first-order valence-electron chi connectivity index (χ1n) is 7.03. The van der Waals surface area contributed by atoms with Gasteiger partial charge in [0, 0.05) is 38.5 Å². The quantitative estimate of drug-likeness (QED) is 0.732. The highest BCUT2D eigenvalue weighted by molar-refractivity contribution is 5.49. The van der Waals surface area contributed by atoms with E-state index in [0.29, 0.717) is 13.2 Å². The topological polar surface area (TPSA) is 24.9 Å². The van der Waals surface area contributed by atoms with Crippen molar-refractivity contribution in [2.45, 2.75) is 6.92 Å². The normalized spacial score (nSPS) is 16.6. The Bertz CT molecular complexity index is 359. The van der Waals surface area contributed by atoms with Gasteiger partial charge in [-0.2, -0.15) is 0 Å². The molecular weight excluding hydrogens is 240 g/mol. The highest BCUT2D eigenvalue weighted by Crippen LogP contribution is 2.20. The molecule has 19 heavy (non-hydrogen) atoms. The molecule has 0 amide bonds. The lowest BCUT2D eigenvalue weighted by Crippen LogP contribution is -2.44. The molecular formula is C15H24N2O2. The fourth-order valence-corrected chi connectivity index (χ4v) is 2.18. The van der Waals surface area contributed by atoms with Gasteiger partial charge in [0.2, 0.25) is 0 Å². The minimum absolute atomic E-state index is 0.613. The monoisotopic (exact) mass is 264 g/mol. The van der Waals surface area contributed by atoms with Crippen LogP contribution in [0.15, 0.2) is 24.3 Å². The van der Waals surface area contributed by atoms with Gasteiger partial charge in [0.05, 0.1) is 6.61 Å². The fourth-order valence-electron chi connectivity index (χ4n) is 2.18. The van der Waals surface area contributed by atoms with E-state index in [9.17, 15) is 0 Å².